The maximum absolute atomic E-state index is 11.7. The molecule has 132 valence electrons. The number of hydrogen-bond acceptors (Lipinski definition) is 4. The number of unbranched alkanes of at least 4 members (excludes halogenated alkanes) is 3. The van der Waals surface area contributed by atoms with E-state index in [1.807, 2.05) is 18.2 Å². The number of nitrogens with zero attached hydrogens (tertiary/aromatic N) is 1. The fourth-order valence-corrected chi connectivity index (χ4v) is 3.20. The summed E-state index contributed by atoms with van der Waals surface area (Å²) in [6.07, 6.45) is 5.58. The highest BCUT2D eigenvalue weighted by molar-refractivity contribution is 7.13. The van der Waals surface area contributed by atoms with Crippen molar-refractivity contribution in [3.05, 3.63) is 41.4 Å². The first-order valence-corrected chi connectivity index (χ1v) is 9.14. The van der Waals surface area contributed by atoms with E-state index in [0.29, 0.717) is 13.0 Å². The molecule has 1 aromatic carbocycles. The average molecular weight is 368 g/mol. The summed E-state index contributed by atoms with van der Waals surface area (Å²) in [6.45, 7) is 1.39. The van der Waals surface area contributed by atoms with Crippen molar-refractivity contribution in [1.29, 1.82) is 0 Å². The number of aromatic nitrogens is 1. The van der Waals surface area contributed by atoms with Gasteiger partial charge in [-0.25, -0.2) is 4.98 Å². The Morgan fingerprint density at radius 3 is 2.62 bits per heavy atom. The Bertz CT molecular complexity index is 589. The van der Waals surface area contributed by atoms with Gasteiger partial charge in [0.2, 0.25) is 5.91 Å². The first kappa shape index (κ1) is 20.6. The molecule has 1 aromatic heterocycles. The summed E-state index contributed by atoms with van der Waals surface area (Å²) >= 11 is 1.65. The zero-order chi connectivity index (χ0) is 16.3. The van der Waals surface area contributed by atoms with Crippen LogP contribution in [-0.4, -0.2) is 24.0 Å². The fourth-order valence-electron chi connectivity index (χ4n) is 2.34. The number of rotatable bonds is 10. The van der Waals surface area contributed by atoms with Crippen molar-refractivity contribution >= 4 is 29.7 Å². The highest BCUT2D eigenvalue weighted by atomic mass is 35.5. The average Bonchev–Trinajstić information content (AvgIpc) is 3.04. The van der Waals surface area contributed by atoms with Crippen LogP contribution in [0, 0.1) is 0 Å². The molecular formula is C18H26ClN3OS. The van der Waals surface area contributed by atoms with Crippen molar-refractivity contribution < 1.29 is 4.79 Å². The summed E-state index contributed by atoms with van der Waals surface area (Å²) in [5.74, 6) is 0.135. The summed E-state index contributed by atoms with van der Waals surface area (Å²) in [4.78, 5) is 16.4. The van der Waals surface area contributed by atoms with Gasteiger partial charge in [0.1, 0.15) is 5.01 Å². The van der Waals surface area contributed by atoms with E-state index in [0.717, 1.165) is 54.9 Å². The fraction of sp³-hybridized carbons (Fsp3) is 0.444. The zero-order valence-electron chi connectivity index (χ0n) is 13.9. The van der Waals surface area contributed by atoms with Crippen molar-refractivity contribution in [3.8, 4) is 10.6 Å². The van der Waals surface area contributed by atoms with Gasteiger partial charge >= 0.3 is 0 Å². The van der Waals surface area contributed by atoms with Gasteiger partial charge in [-0.2, -0.15) is 0 Å². The summed E-state index contributed by atoms with van der Waals surface area (Å²) in [6, 6.07) is 10.2. The molecule has 0 radical (unpaired) electrons. The van der Waals surface area contributed by atoms with E-state index in [9.17, 15) is 4.79 Å². The molecule has 0 unspecified atom stereocenters. The number of nitrogens with two attached hydrogens (primary N) is 1. The van der Waals surface area contributed by atoms with Gasteiger partial charge in [-0.1, -0.05) is 43.2 Å². The molecule has 0 saturated carbocycles. The third-order valence-corrected chi connectivity index (χ3v) is 4.57. The second kappa shape index (κ2) is 12.0. The normalized spacial score (nSPS) is 10.2. The van der Waals surface area contributed by atoms with E-state index >= 15 is 0 Å². The van der Waals surface area contributed by atoms with E-state index in [1.165, 1.54) is 0 Å². The largest absolute Gasteiger partial charge is 0.356 e. The quantitative estimate of drug-likeness (QED) is 0.627. The third kappa shape index (κ3) is 7.43. The number of benzene rings is 1. The summed E-state index contributed by atoms with van der Waals surface area (Å²) in [5, 5.41) is 6.08. The van der Waals surface area contributed by atoms with Crippen molar-refractivity contribution in [1.82, 2.24) is 10.3 Å². The smallest absolute Gasteiger partial charge is 0.220 e. The number of amides is 1. The molecule has 0 saturated heterocycles. The van der Waals surface area contributed by atoms with E-state index in [1.54, 1.807) is 11.3 Å². The lowest BCUT2D eigenvalue weighted by molar-refractivity contribution is -0.121. The number of hydrogen-bond donors (Lipinski definition) is 2. The highest BCUT2D eigenvalue weighted by Crippen LogP contribution is 2.23. The Kier molecular flexibility index (Phi) is 10.3. The second-order valence-electron chi connectivity index (χ2n) is 5.56. The molecule has 6 heteroatoms. The monoisotopic (exact) mass is 367 g/mol. The molecule has 2 rings (SSSR count). The summed E-state index contributed by atoms with van der Waals surface area (Å²) in [7, 11) is 0. The van der Waals surface area contributed by atoms with Crippen LogP contribution in [0.5, 0.6) is 0 Å². The van der Waals surface area contributed by atoms with Crippen molar-refractivity contribution in [3.63, 3.8) is 0 Å². The predicted octanol–water partition coefficient (Wildman–Crippen LogP) is 3.80. The second-order valence-corrected chi connectivity index (χ2v) is 6.42. The van der Waals surface area contributed by atoms with Gasteiger partial charge in [-0.3, -0.25) is 4.79 Å². The number of thiazole rings is 1. The van der Waals surface area contributed by atoms with Crippen LogP contribution in [0.15, 0.2) is 35.7 Å². The van der Waals surface area contributed by atoms with Crippen LogP contribution in [0.4, 0.5) is 0 Å². The molecule has 24 heavy (non-hydrogen) atoms. The van der Waals surface area contributed by atoms with E-state index in [2.05, 4.69) is 27.8 Å². The van der Waals surface area contributed by atoms with E-state index in [-0.39, 0.29) is 18.3 Å². The minimum atomic E-state index is 0. The molecule has 0 bridgehead atoms. The molecular weight excluding hydrogens is 342 g/mol. The molecule has 3 N–H and O–H groups in total. The molecule has 2 aromatic rings. The van der Waals surface area contributed by atoms with Crippen molar-refractivity contribution in [2.45, 2.75) is 38.5 Å². The van der Waals surface area contributed by atoms with Crippen LogP contribution in [0.25, 0.3) is 10.6 Å². The number of nitrogens with one attached hydrogen (secondary N) is 1. The SMILES string of the molecule is Cl.NCCCCCCC(=O)NCCc1csc(-c2ccccc2)n1. The van der Waals surface area contributed by atoms with Gasteiger partial charge in [-0.05, 0) is 19.4 Å². The van der Waals surface area contributed by atoms with E-state index < -0.39 is 0 Å². The van der Waals surface area contributed by atoms with Gasteiger partial charge in [0.05, 0.1) is 5.69 Å². The first-order valence-electron chi connectivity index (χ1n) is 8.26. The van der Waals surface area contributed by atoms with Crippen LogP contribution >= 0.6 is 23.7 Å². The molecule has 0 aliphatic heterocycles. The van der Waals surface area contributed by atoms with Crippen LogP contribution in [0.1, 0.15) is 37.8 Å². The van der Waals surface area contributed by atoms with Crippen molar-refractivity contribution in [2.24, 2.45) is 5.73 Å². The highest BCUT2D eigenvalue weighted by Gasteiger charge is 2.05. The number of carbonyl (C=O) groups is 1. The third-order valence-electron chi connectivity index (χ3n) is 3.63. The maximum Gasteiger partial charge on any atom is 0.220 e. The lowest BCUT2D eigenvalue weighted by Crippen LogP contribution is -2.25. The van der Waals surface area contributed by atoms with Gasteiger partial charge < -0.3 is 11.1 Å². The Morgan fingerprint density at radius 1 is 1.12 bits per heavy atom. The molecule has 0 aliphatic carbocycles. The molecule has 1 amide bonds. The van der Waals surface area contributed by atoms with Gasteiger partial charge in [0.15, 0.2) is 0 Å². The molecule has 0 aliphatic rings. The molecule has 0 fully saturated rings. The lowest BCUT2D eigenvalue weighted by Gasteiger charge is -2.04. The predicted molar refractivity (Wildman–Crippen MR) is 104 cm³/mol. The van der Waals surface area contributed by atoms with Gasteiger partial charge in [0.25, 0.3) is 0 Å². The Hall–Kier alpha value is -1.43. The molecule has 0 atom stereocenters. The van der Waals surface area contributed by atoms with Gasteiger partial charge in [-0.15, -0.1) is 23.7 Å². The Labute approximate surface area is 154 Å². The van der Waals surface area contributed by atoms with E-state index in [4.69, 9.17) is 5.73 Å². The Morgan fingerprint density at radius 2 is 1.88 bits per heavy atom. The standard InChI is InChI=1S/C18H25N3OS.ClH/c19-12-7-2-1-6-10-17(22)20-13-11-16-14-23-18(21-16)15-8-4-3-5-9-15;/h3-5,8-9,14H,1-2,6-7,10-13,19H2,(H,20,22);1H. The van der Waals surface area contributed by atoms with Gasteiger partial charge in [0, 0.05) is 30.3 Å². The van der Waals surface area contributed by atoms with Crippen LogP contribution in [0.3, 0.4) is 0 Å². The van der Waals surface area contributed by atoms with Crippen LogP contribution in [-0.2, 0) is 11.2 Å². The summed E-state index contributed by atoms with van der Waals surface area (Å²) in [5.41, 5.74) is 7.63. The Balaban J connectivity index is 0.00000288. The van der Waals surface area contributed by atoms with Crippen molar-refractivity contribution in [2.75, 3.05) is 13.1 Å². The summed E-state index contributed by atoms with van der Waals surface area (Å²) < 4.78 is 0. The molecule has 4 nitrogen and oxygen atoms in total. The topological polar surface area (TPSA) is 68.0 Å². The van der Waals surface area contributed by atoms with Crippen LogP contribution in [0.2, 0.25) is 0 Å². The first-order chi connectivity index (χ1) is 11.3. The number of halogens is 1. The maximum atomic E-state index is 11.7. The minimum Gasteiger partial charge on any atom is -0.356 e. The molecule has 0 spiro atoms. The number of carbonyl (C=O) groups excluding carboxylic acids is 1. The zero-order valence-corrected chi connectivity index (χ0v) is 15.5. The molecule has 1 heterocycles. The van der Waals surface area contributed by atoms with Crippen LogP contribution < -0.4 is 11.1 Å². The minimum absolute atomic E-state index is 0. The lowest BCUT2D eigenvalue weighted by atomic mass is 10.1.